The number of carboxylic acids is 1. The third-order valence-electron chi connectivity index (χ3n) is 13.5. The average Bonchev–Trinajstić information content (AvgIpc) is 3.99. The Hall–Kier alpha value is -8.20. The fourth-order valence-electron chi connectivity index (χ4n) is 8.92. The van der Waals surface area contributed by atoms with E-state index in [1.165, 1.54) is 49.9 Å². The first-order valence-electron chi connectivity index (χ1n) is 27.1. The Balaban J connectivity index is 1.82. The van der Waals surface area contributed by atoms with Crippen molar-refractivity contribution in [3.05, 3.63) is 83.0 Å². The molecule has 83 heavy (non-hydrogen) atoms. The topological polar surface area (TPSA) is 400 Å². The quantitative estimate of drug-likeness (QED) is 0.0715. The summed E-state index contributed by atoms with van der Waals surface area (Å²) in [5.41, 5.74) is 8.71. The number of nitrogens with one attached hydrogen (secondary N) is 8. The Morgan fingerprint density at radius 2 is 1.25 bits per heavy atom. The average molecular weight is 1180 g/mol. The second kappa shape index (κ2) is 33.0. The van der Waals surface area contributed by atoms with Crippen LogP contribution in [0.15, 0.2) is 71.8 Å². The number of phenolic OH excluding ortho intramolecular Hbond substituents is 1. The largest absolute Gasteiger partial charge is 0.508 e. The Labute approximate surface area is 483 Å². The normalized spacial score (nSPS) is 23.6. The zero-order valence-electron chi connectivity index (χ0n) is 47.5. The van der Waals surface area contributed by atoms with E-state index in [1.54, 1.807) is 24.3 Å². The number of allylic oxidation sites excluding steroid dienone is 3. The van der Waals surface area contributed by atoms with E-state index in [1.807, 2.05) is 26.8 Å². The molecule has 0 radical (unpaired) electrons. The van der Waals surface area contributed by atoms with Crippen molar-refractivity contribution in [3.8, 4) is 11.5 Å². The second-order valence-corrected chi connectivity index (χ2v) is 22.5. The molecule has 0 unspecified atom stereocenters. The molecule has 2 aliphatic rings. The van der Waals surface area contributed by atoms with Crippen molar-refractivity contribution in [2.75, 3.05) is 38.3 Å². The number of aliphatic carboxylic acids is 1. The molecule has 27 heteroatoms. The number of aliphatic hydroxyl groups excluding tert-OH is 1. The summed E-state index contributed by atoms with van der Waals surface area (Å²) in [6.07, 6.45) is 4.59. The maximum absolute atomic E-state index is 14.8. The third-order valence-corrected chi connectivity index (χ3v) is 14.3. The summed E-state index contributed by atoms with van der Waals surface area (Å²) in [7, 11) is -1.51. The van der Waals surface area contributed by atoms with Crippen LogP contribution in [0.25, 0.3) is 0 Å². The zero-order valence-corrected chi connectivity index (χ0v) is 48.3. The summed E-state index contributed by atoms with van der Waals surface area (Å²) < 4.78 is 18.2. The number of aromatic hydroxyl groups is 1. The molecule has 13 N–H and O–H groups in total. The number of primary amides is 1. The first-order valence-corrected chi connectivity index (χ1v) is 28.9. The predicted octanol–water partition coefficient (Wildman–Crippen LogP) is -1.47. The van der Waals surface area contributed by atoms with Crippen LogP contribution >= 0.6 is 0 Å². The summed E-state index contributed by atoms with van der Waals surface area (Å²) in [5.74, 6) is -12.5. The van der Waals surface area contributed by atoms with E-state index >= 15 is 0 Å². The monoisotopic (exact) mass is 1180 g/mol. The lowest BCUT2D eigenvalue weighted by molar-refractivity contribution is -0.143. The fraction of sp³-hybridized carbons (Fsp3) is 0.518. The smallest absolute Gasteiger partial charge is 0.305 e. The lowest BCUT2D eigenvalue weighted by Gasteiger charge is -2.31. The molecular weight excluding hydrogens is 1100 g/mol. The minimum Gasteiger partial charge on any atom is -0.508 e. The summed E-state index contributed by atoms with van der Waals surface area (Å²) in [4.78, 5) is 153. The Morgan fingerprint density at radius 3 is 1.81 bits per heavy atom. The molecule has 2 fully saturated rings. The van der Waals surface area contributed by atoms with Gasteiger partial charge in [0, 0.05) is 42.2 Å². The van der Waals surface area contributed by atoms with Gasteiger partial charge < -0.3 is 73.2 Å². The lowest BCUT2D eigenvalue weighted by Crippen LogP contribution is -2.61. The maximum Gasteiger partial charge on any atom is 0.305 e. The number of amides is 10. The molecule has 0 spiro atoms. The molecule has 2 aromatic rings. The number of aliphatic hydroxyl groups is 1. The number of carbonyl (C=O) groups excluding carboxylic acids is 10. The molecular formula is C56H78N10O16S. The fourth-order valence-corrected chi connectivity index (χ4v) is 9.49. The van der Waals surface area contributed by atoms with Gasteiger partial charge in [0.1, 0.15) is 66.4 Å². The van der Waals surface area contributed by atoms with Gasteiger partial charge in [0.25, 0.3) is 0 Å². The van der Waals surface area contributed by atoms with Crippen molar-refractivity contribution >= 4 is 75.8 Å². The van der Waals surface area contributed by atoms with Gasteiger partial charge in [-0.25, -0.2) is 0 Å². The molecule has 454 valence electrons. The van der Waals surface area contributed by atoms with E-state index < -0.39 is 156 Å². The standard InChI is InChI=1S/C56H78N10O16S/c1-31(2)9-7-10-33(5)20-23-82-37-18-14-35(15-19-37)26-39-51(75)60-40(25-34-12-16-36(68)17-13-34)52(76)63-42(27-45(57)69)56(80)66-22-8-11-44(66)54(78)59-38(21-24-83(6)81)50(74)64-43(30-67)49(73)58-29-46(70)65-48(32(3)4)55(79)62-41(28-47(71)72)53(77)61-39/h9,12-20,32,38-44,48,67-68H,7-8,10-11,21-30H2,1-6H3,(H2,57,69)(H,58,73)(H,59,78)(H,60,75)(H,61,77)(H,62,79)(H,63,76)(H,64,74)(H,65,70)(H,71,72)/b33-20-/t38-,39-,40-,41-,42-,43-,44-,48-,83+/m0/s1. The van der Waals surface area contributed by atoms with Crippen molar-refractivity contribution in [2.24, 2.45) is 11.7 Å². The van der Waals surface area contributed by atoms with Crippen molar-refractivity contribution < 1.29 is 77.0 Å². The van der Waals surface area contributed by atoms with Gasteiger partial charge in [0.05, 0.1) is 26.0 Å². The van der Waals surface area contributed by atoms with E-state index in [0.29, 0.717) is 16.9 Å². The molecule has 10 amide bonds. The van der Waals surface area contributed by atoms with Gasteiger partial charge in [-0.05, 0) is 100 Å². The van der Waals surface area contributed by atoms with Crippen LogP contribution in [0, 0.1) is 5.92 Å². The predicted molar refractivity (Wildman–Crippen MR) is 303 cm³/mol. The molecule has 9 atom stereocenters. The molecule has 4 rings (SSSR count). The highest BCUT2D eigenvalue weighted by molar-refractivity contribution is 7.84. The third kappa shape index (κ3) is 22.6. The number of nitrogens with zero attached hydrogens (tertiary/aromatic N) is 1. The van der Waals surface area contributed by atoms with Gasteiger partial charge in [-0.15, -0.1) is 0 Å². The van der Waals surface area contributed by atoms with Crippen molar-refractivity contribution in [3.63, 3.8) is 0 Å². The Kier molecular flexibility index (Phi) is 26.8. The number of hydrogen-bond donors (Lipinski definition) is 12. The minimum absolute atomic E-state index is 0.0231. The Bertz CT molecular complexity index is 2750. The van der Waals surface area contributed by atoms with Crippen LogP contribution in [0.1, 0.15) is 90.7 Å². The number of carbonyl (C=O) groups is 11. The number of carboxylic acid groups (broad SMARTS) is 1. The van der Waals surface area contributed by atoms with Gasteiger partial charge in [0.15, 0.2) is 0 Å². The van der Waals surface area contributed by atoms with Crippen LogP contribution in [-0.2, 0) is 76.4 Å². The summed E-state index contributed by atoms with van der Waals surface area (Å²) in [6.45, 7) is 7.37. The number of phenols is 1. The van der Waals surface area contributed by atoms with Gasteiger partial charge in [0.2, 0.25) is 59.1 Å². The number of nitrogens with two attached hydrogens (primary N) is 1. The lowest BCUT2D eigenvalue weighted by atomic mass is 10.0. The van der Waals surface area contributed by atoms with Gasteiger partial charge in [-0.2, -0.15) is 0 Å². The molecule has 26 nitrogen and oxygen atoms in total. The number of benzene rings is 2. The first kappa shape index (κ1) is 67.3. The van der Waals surface area contributed by atoms with Crippen LogP contribution in [0.4, 0.5) is 0 Å². The van der Waals surface area contributed by atoms with E-state index in [-0.39, 0.29) is 56.8 Å². The van der Waals surface area contributed by atoms with Gasteiger partial charge in [-0.3, -0.25) is 56.9 Å². The van der Waals surface area contributed by atoms with E-state index in [4.69, 9.17) is 10.5 Å². The first-order chi connectivity index (χ1) is 39.2. The Morgan fingerprint density at radius 1 is 0.711 bits per heavy atom. The SMILES string of the molecule is CC(C)=CCC/C(C)=C\COc1ccc(C[C@@H]2NC(=O)[C@H](CC(=O)O)NC(=O)[C@H](C(C)C)NC(=O)CNC(=O)[C@H](CO)NC(=O)[C@H](CC[S@@](C)=O)NC(=O)[C@@H]3CCCN3C(=O)[C@H](CC(N)=O)NC(=O)[C@H](Cc3ccc(O)cc3)NC2=O)cc1. The second-order valence-electron chi connectivity index (χ2n) is 21.0. The number of fused-ring (bicyclic) bond motifs is 1. The molecule has 0 bridgehead atoms. The minimum atomic E-state index is -1.91. The zero-order chi connectivity index (χ0) is 61.5. The summed E-state index contributed by atoms with van der Waals surface area (Å²) >= 11 is 0. The highest BCUT2D eigenvalue weighted by atomic mass is 32.2. The molecule has 2 aromatic carbocycles. The summed E-state index contributed by atoms with van der Waals surface area (Å²) in [6, 6.07) is -1.10. The summed E-state index contributed by atoms with van der Waals surface area (Å²) in [5, 5.41) is 49.7. The molecule has 0 aromatic heterocycles. The highest BCUT2D eigenvalue weighted by Crippen LogP contribution is 2.21. The molecule has 0 saturated carbocycles. The molecule has 2 saturated heterocycles. The van der Waals surface area contributed by atoms with Crippen molar-refractivity contribution in [1.82, 2.24) is 47.4 Å². The van der Waals surface area contributed by atoms with Gasteiger partial charge >= 0.3 is 5.97 Å². The van der Waals surface area contributed by atoms with E-state index in [0.717, 1.165) is 23.3 Å². The molecule has 0 aliphatic carbocycles. The van der Waals surface area contributed by atoms with Crippen molar-refractivity contribution in [2.45, 2.75) is 141 Å². The number of rotatable bonds is 19. The van der Waals surface area contributed by atoms with Gasteiger partial charge in [-0.1, -0.05) is 55.3 Å². The van der Waals surface area contributed by atoms with E-state index in [9.17, 15) is 72.3 Å². The maximum atomic E-state index is 14.8. The number of hydrogen-bond acceptors (Lipinski definition) is 15. The van der Waals surface area contributed by atoms with Crippen LogP contribution in [-0.4, -0.2) is 176 Å². The highest BCUT2D eigenvalue weighted by Gasteiger charge is 2.41. The van der Waals surface area contributed by atoms with Crippen LogP contribution in [0.2, 0.25) is 0 Å². The molecule has 2 heterocycles. The van der Waals surface area contributed by atoms with Crippen LogP contribution in [0.5, 0.6) is 11.5 Å². The van der Waals surface area contributed by atoms with Crippen LogP contribution < -0.4 is 53.0 Å². The van der Waals surface area contributed by atoms with E-state index in [2.05, 4.69) is 48.6 Å². The number of ether oxygens (including phenoxy) is 1. The molecule has 2 aliphatic heterocycles. The van der Waals surface area contributed by atoms with Crippen molar-refractivity contribution in [1.29, 1.82) is 0 Å². The van der Waals surface area contributed by atoms with Crippen LogP contribution in [0.3, 0.4) is 0 Å².